The molecular weight excluding hydrogens is 382 g/mol. The topological polar surface area (TPSA) is 96.4 Å². The highest BCUT2D eigenvalue weighted by atomic mass is 16.5. The molecule has 0 bridgehead atoms. The van der Waals surface area contributed by atoms with Crippen LogP contribution in [0.25, 0.3) is 0 Å². The standard InChI is InChI=1S/C13H20N2O2.C8H13NO2.C2H6/c1-3-17-13(16)12-9-14-15(10(12)2)11-7-5-4-6-8-11;1-3-5-7(4-2)6-11-8(9)10;1-2/h9,11H,3-8H2,1-2H3;3-5H,6H2,1-2H3,(H2,9,10);1-2H3/b;5-3-,7-4+;. The van der Waals surface area contributed by atoms with E-state index < -0.39 is 6.09 Å². The zero-order valence-corrected chi connectivity index (χ0v) is 19.4. The van der Waals surface area contributed by atoms with Crippen LogP contribution >= 0.6 is 0 Å². The lowest BCUT2D eigenvalue weighted by atomic mass is 9.95. The molecule has 1 fully saturated rings. The van der Waals surface area contributed by atoms with E-state index in [4.69, 9.17) is 10.5 Å². The molecule has 0 atom stereocenters. The van der Waals surface area contributed by atoms with Crippen molar-refractivity contribution in [1.29, 1.82) is 0 Å². The molecule has 0 radical (unpaired) electrons. The van der Waals surface area contributed by atoms with Gasteiger partial charge in [0.1, 0.15) is 12.2 Å². The van der Waals surface area contributed by atoms with E-state index in [9.17, 15) is 9.59 Å². The summed E-state index contributed by atoms with van der Waals surface area (Å²) in [4.78, 5) is 21.9. The van der Waals surface area contributed by atoms with Gasteiger partial charge in [0.25, 0.3) is 0 Å². The molecule has 0 unspecified atom stereocenters. The molecule has 0 aromatic carbocycles. The van der Waals surface area contributed by atoms with Crippen molar-refractivity contribution < 1.29 is 19.1 Å². The van der Waals surface area contributed by atoms with Crippen molar-refractivity contribution in [1.82, 2.24) is 9.78 Å². The molecule has 1 amide bonds. The van der Waals surface area contributed by atoms with E-state index in [2.05, 4.69) is 9.84 Å². The number of esters is 1. The maximum Gasteiger partial charge on any atom is 0.404 e. The number of carbonyl (C=O) groups is 2. The predicted octanol–water partition coefficient (Wildman–Crippen LogP) is 5.50. The molecule has 2 rings (SSSR count). The SMILES string of the molecule is C/C=C\C(=C/C)COC(N)=O.CC.CCOC(=O)c1cnn(C2CCCCC2)c1C. The minimum Gasteiger partial charge on any atom is -0.462 e. The quantitative estimate of drug-likeness (QED) is 0.483. The van der Waals surface area contributed by atoms with Gasteiger partial charge >= 0.3 is 12.1 Å². The van der Waals surface area contributed by atoms with E-state index in [1.807, 2.05) is 64.5 Å². The summed E-state index contributed by atoms with van der Waals surface area (Å²) in [6, 6.07) is 0.465. The molecule has 0 spiro atoms. The summed E-state index contributed by atoms with van der Waals surface area (Å²) < 4.78 is 11.6. The van der Waals surface area contributed by atoms with Gasteiger partial charge in [0, 0.05) is 0 Å². The minimum atomic E-state index is -0.742. The van der Waals surface area contributed by atoms with Crippen molar-refractivity contribution in [3.05, 3.63) is 41.3 Å². The van der Waals surface area contributed by atoms with E-state index in [0.717, 1.165) is 11.3 Å². The predicted molar refractivity (Wildman–Crippen MR) is 120 cm³/mol. The van der Waals surface area contributed by atoms with Gasteiger partial charge in [0.15, 0.2) is 0 Å². The number of allylic oxidation sites excluding steroid dienone is 2. The number of primary amides is 1. The van der Waals surface area contributed by atoms with Crippen molar-refractivity contribution >= 4 is 12.1 Å². The fourth-order valence-corrected chi connectivity index (χ4v) is 3.12. The van der Waals surface area contributed by atoms with Gasteiger partial charge in [-0.1, -0.05) is 51.3 Å². The van der Waals surface area contributed by atoms with Crippen LogP contribution in [0.1, 0.15) is 88.8 Å². The molecule has 1 saturated carbocycles. The first kappa shape index (κ1) is 27.4. The van der Waals surface area contributed by atoms with Crippen LogP contribution < -0.4 is 5.73 Å². The fourth-order valence-electron chi connectivity index (χ4n) is 3.12. The zero-order chi connectivity index (χ0) is 22.9. The van der Waals surface area contributed by atoms with E-state index in [1.54, 1.807) is 6.20 Å². The molecule has 30 heavy (non-hydrogen) atoms. The lowest BCUT2D eigenvalue weighted by molar-refractivity contribution is 0.0525. The first-order valence-electron chi connectivity index (χ1n) is 10.9. The van der Waals surface area contributed by atoms with Crippen molar-refractivity contribution in [2.24, 2.45) is 5.73 Å². The molecule has 7 nitrogen and oxygen atoms in total. The zero-order valence-electron chi connectivity index (χ0n) is 19.4. The normalized spacial score (nSPS) is 14.3. The van der Waals surface area contributed by atoms with Crippen molar-refractivity contribution in [2.75, 3.05) is 13.2 Å². The summed E-state index contributed by atoms with van der Waals surface area (Å²) in [5.41, 5.74) is 7.26. The van der Waals surface area contributed by atoms with E-state index in [-0.39, 0.29) is 12.6 Å². The van der Waals surface area contributed by atoms with Crippen molar-refractivity contribution in [2.45, 2.75) is 79.7 Å². The third kappa shape index (κ3) is 9.76. The number of aromatic nitrogens is 2. The first-order valence-corrected chi connectivity index (χ1v) is 10.9. The average molecular weight is 422 g/mol. The summed E-state index contributed by atoms with van der Waals surface area (Å²) in [7, 11) is 0. The molecule has 2 N–H and O–H groups in total. The molecule has 1 heterocycles. The lowest BCUT2D eigenvalue weighted by Crippen LogP contribution is -2.16. The smallest absolute Gasteiger partial charge is 0.404 e. The second kappa shape index (κ2) is 16.3. The van der Waals surface area contributed by atoms with Crippen LogP contribution in [0, 0.1) is 6.92 Å². The minimum absolute atomic E-state index is 0.246. The van der Waals surface area contributed by atoms with Gasteiger partial charge in [0.05, 0.1) is 24.5 Å². The number of ether oxygens (including phenoxy) is 2. The highest BCUT2D eigenvalue weighted by Crippen LogP contribution is 2.29. The van der Waals surface area contributed by atoms with E-state index in [0.29, 0.717) is 18.2 Å². The molecule has 1 aliphatic carbocycles. The summed E-state index contributed by atoms with van der Waals surface area (Å²) in [5, 5.41) is 4.36. The number of hydrogen-bond acceptors (Lipinski definition) is 5. The van der Waals surface area contributed by atoms with E-state index in [1.165, 1.54) is 32.1 Å². The molecule has 1 aromatic heterocycles. The molecule has 1 aliphatic rings. The number of hydrogen-bond donors (Lipinski definition) is 1. The second-order valence-corrected chi connectivity index (χ2v) is 6.57. The van der Waals surface area contributed by atoms with Crippen LogP contribution in [-0.2, 0) is 9.47 Å². The number of nitrogens with zero attached hydrogens (tertiary/aromatic N) is 2. The second-order valence-electron chi connectivity index (χ2n) is 6.57. The monoisotopic (exact) mass is 421 g/mol. The number of carbonyl (C=O) groups excluding carboxylic acids is 2. The van der Waals surface area contributed by atoms with Crippen LogP contribution in [0.15, 0.2) is 30.0 Å². The van der Waals surface area contributed by atoms with Gasteiger partial charge in [-0.05, 0) is 46.1 Å². The molecule has 0 saturated heterocycles. The first-order chi connectivity index (χ1) is 14.4. The van der Waals surface area contributed by atoms with Crippen LogP contribution in [0.5, 0.6) is 0 Å². The van der Waals surface area contributed by atoms with Gasteiger partial charge in [-0.2, -0.15) is 5.10 Å². The number of amides is 1. The molecule has 7 heteroatoms. The Morgan fingerprint density at radius 3 is 2.33 bits per heavy atom. The van der Waals surface area contributed by atoms with Gasteiger partial charge in [0.2, 0.25) is 0 Å². The maximum absolute atomic E-state index is 11.7. The molecule has 0 aliphatic heterocycles. The summed E-state index contributed by atoms with van der Waals surface area (Å²) in [5.74, 6) is -0.257. The van der Waals surface area contributed by atoms with Crippen molar-refractivity contribution in [3.8, 4) is 0 Å². The Labute approximate surface area is 181 Å². The van der Waals surface area contributed by atoms with E-state index >= 15 is 0 Å². The Morgan fingerprint density at radius 1 is 1.20 bits per heavy atom. The Morgan fingerprint density at radius 2 is 1.83 bits per heavy atom. The third-order valence-corrected chi connectivity index (χ3v) is 4.59. The molecule has 1 aromatic rings. The summed E-state index contributed by atoms with van der Waals surface area (Å²) in [6.07, 6.45) is 12.7. The molecule has 170 valence electrons. The average Bonchev–Trinajstić information content (AvgIpc) is 3.15. The number of nitrogens with two attached hydrogens (primary N) is 1. The Bertz CT molecular complexity index is 687. The summed E-state index contributed by atoms with van der Waals surface area (Å²) in [6.45, 7) is 12.2. The Balaban J connectivity index is 0.000000565. The van der Waals surface area contributed by atoms with Crippen LogP contribution in [0.4, 0.5) is 4.79 Å². The van der Waals surface area contributed by atoms with Crippen LogP contribution in [-0.4, -0.2) is 35.1 Å². The van der Waals surface area contributed by atoms with Gasteiger partial charge < -0.3 is 15.2 Å². The fraction of sp³-hybridized carbons (Fsp3) is 0.609. The maximum atomic E-state index is 11.7. The van der Waals surface area contributed by atoms with Crippen LogP contribution in [0.3, 0.4) is 0 Å². The van der Waals surface area contributed by atoms with Crippen LogP contribution in [0.2, 0.25) is 0 Å². The van der Waals surface area contributed by atoms with Gasteiger partial charge in [-0.15, -0.1) is 0 Å². The van der Waals surface area contributed by atoms with Gasteiger partial charge in [-0.3, -0.25) is 4.68 Å². The highest BCUT2D eigenvalue weighted by molar-refractivity contribution is 5.90. The Kier molecular flexibility index (Phi) is 14.9. The third-order valence-electron chi connectivity index (χ3n) is 4.59. The van der Waals surface area contributed by atoms with Crippen molar-refractivity contribution in [3.63, 3.8) is 0 Å². The van der Waals surface area contributed by atoms with Gasteiger partial charge in [-0.25, -0.2) is 9.59 Å². The lowest BCUT2D eigenvalue weighted by Gasteiger charge is -2.23. The number of rotatable bonds is 6. The molecular formula is C23H39N3O4. The summed E-state index contributed by atoms with van der Waals surface area (Å²) >= 11 is 0. The largest absolute Gasteiger partial charge is 0.462 e. The Hall–Kier alpha value is -2.57. The highest BCUT2D eigenvalue weighted by Gasteiger charge is 2.21.